The molecule has 162 valence electrons. The van der Waals surface area contributed by atoms with E-state index >= 15 is 0 Å². The van der Waals surface area contributed by atoms with Gasteiger partial charge < -0.3 is 19.5 Å². The lowest BCUT2D eigenvalue weighted by atomic mass is 9.79. The number of Topliss-reactive ketones (excluding diaryl/α,β-unsaturated/α-hetero) is 1. The van der Waals surface area contributed by atoms with Gasteiger partial charge in [0.1, 0.15) is 6.61 Å². The number of benzene rings is 2. The van der Waals surface area contributed by atoms with Crippen molar-refractivity contribution in [1.29, 1.82) is 0 Å². The fourth-order valence-electron chi connectivity index (χ4n) is 4.20. The van der Waals surface area contributed by atoms with Crippen LogP contribution in [0, 0.1) is 12.3 Å². The molecule has 0 saturated heterocycles. The summed E-state index contributed by atoms with van der Waals surface area (Å²) in [6.45, 7) is 1.79. The van der Waals surface area contributed by atoms with Gasteiger partial charge in [-0.15, -0.1) is 6.42 Å². The number of esters is 1. The number of nitrogens with one attached hydrogen (secondary N) is 1. The summed E-state index contributed by atoms with van der Waals surface area (Å²) in [5.41, 5.74) is 3.98. The van der Waals surface area contributed by atoms with Gasteiger partial charge in [-0.05, 0) is 24.6 Å². The first-order valence-corrected chi connectivity index (χ1v) is 10.2. The van der Waals surface area contributed by atoms with Crippen molar-refractivity contribution in [3.05, 3.63) is 75.0 Å². The molecule has 6 nitrogen and oxygen atoms in total. The first-order valence-electron chi connectivity index (χ1n) is 9.81. The van der Waals surface area contributed by atoms with Gasteiger partial charge in [0.05, 0.1) is 30.5 Å². The number of carbonyl (C=O) groups excluding carboxylic acids is 2. The molecular weight excluding hydrogens is 430 g/mol. The Morgan fingerprint density at radius 1 is 1.22 bits per heavy atom. The largest absolute Gasteiger partial charge is 0.493 e. The molecule has 1 heterocycles. The van der Waals surface area contributed by atoms with E-state index < -0.39 is 11.9 Å². The van der Waals surface area contributed by atoms with Crippen LogP contribution in [-0.4, -0.2) is 32.6 Å². The predicted octanol–water partition coefficient (Wildman–Crippen LogP) is 4.10. The van der Waals surface area contributed by atoms with Gasteiger partial charge in [-0.2, -0.15) is 0 Å². The average molecular weight is 450 g/mol. The number of hydrogen-bond donors (Lipinski definition) is 1. The van der Waals surface area contributed by atoms with Crippen LogP contribution in [0.2, 0.25) is 5.02 Å². The highest BCUT2D eigenvalue weighted by atomic mass is 35.5. The molecule has 32 heavy (non-hydrogen) atoms. The lowest BCUT2D eigenvalue weighted by Crippen LogP contribution is -2.29. The molecular formula is C25H20ClNO5. The topological polar surface area (TPSA) is 73.9 Å². The van der Waals surface area contributed by atoms with Crippen LogP contribution in [0.25, 0.3) is 5.70 Å². The van der Waals surface area contributed by atoms with Gasteiger partial charge in [0.25, 0.3) is 0 Å². The van der Waals surface area contributed by atoms with Gasteiger partial charge in [0.2, 0.25) is 0 Å². The van der Waals surface area contributed by atoms with Crippen molar-refractivity contribution in [2.75, 3.05) is 20.8 Å². The Hall–Kier alpha value is -3.69. The molecule has 2 aromatic rings. The number of terminal acetylenes is 1. The Morgan fingerprint density at radius 2 is 1.94 bits per heavy atom. The molecule has 1 N–H and O–H groups in total. The predicted molar refractivity (Wildman–Crippen MR) is 121 cm³/mol. The zero-order valence-corrected chi connectivity index (χ0v) is 18.5. The van der Waals surface area contributed by atoms with Crippen molar-refractivity contribution in [2.45, 2.75) is 12.8 Å². The minimum absolute atomic E-state index is 0.0122. The zero-order chi connectivity index (χ0) is 23.0. The minimum atomic E-state index is -0.716. The van der Waals surface area contributed by atoms with Crippen LogP contribution in [0.4, 0.5) is 0 Å². The minimum Gasteiger partial charge on any atom is -0.493 e. The maximum Gasteiger partial charge on any atom is 0.336 e. The number of halogens is 1. The second-order valence-electron chi connectivity index (χ2n) is 7.28. The van der Waals surface area contributed by atoms with Crippen LogP contribution in [0.15, 0.2) is 53.2 Å². The van der Waals surface area contributed by atoms with Crippen LogP contribution in [-0.2, 0) is 9.53 Å². The number of rotatable bonds is 5. The Bertz CT molecular complexity index is 1250. The van der Waals surface area contributed by atoms with Crippen molar-refractivity contribution in [3.8, 4) is 23.8 Å². The van der Waals surface area contributed by atoms with Crippen molar-refractivity contribution >= 4 is 29.1 Å². The summed E-state index contributed by atoms with van der Waals surface area (Å²) in [5, 5.41) is 3.49. The molecule has 0 aromatic heterocycles. The molecule has 0 spiro atoms. The molecule has 0 fully saturated rings. The van der Waals surface area contributed by atoms with E-state index in [9.17, 15) is 9.59 Å². The van der Waals surface area contributed by atoms with Crippen LogP contribution in [0.3, 0.4) is 0 Å². The van der Waals surface area contributed by atoms with Crippen LogP contribution >= 0.6 is 11.6 Å². The maximum absolute atomic E-state index is 13.4. The molecule has 1 atom stereocenters. The van der Waals surface area contributed by atoms with E-state index in [0.717, 1.165) is 5.56 Å². The molecule has 7 heteroatoms. The third-order valence-electron chi connectivity index (χ3n) is 5.54. The smallest absolute Gasteiger partial charge is 0.336 e. The highest BCUT2D eigenvalue weighted by molar-refractivity contribution is 6.32. The number of hydrogen-bond acceptors (Lipinski definition) is 6. The summed E-state index contributed by atoms with van der Waals surface area (Å²) in [6, 6.07) is 10.7. The molecule has 2 aliphatic rings. The number of carbonyl (C=O) groups is 2. The van der Waals surface area contributed by atoms with Gasteiger partial charge in [-0.1, -0.05) is 41.8 Å². The fraction of sp³-hybridized carbons (Fsp3) is 0.200. The van der Waals surface area contributed by atoms with Crippen molar-refractivity contribution in [1.82, 2.24) is 5.32 Å². The van der Waals surface area contributed by atoms with E-state index in [1.807, 2.05) is 18.2 Å². The highest BCUT2D eigenvalue weighted by Gasteiger charge is 2.43. The molecule has 4 rings (SSSR count). The number of fused-ring (bicyclic) bond motifs is 2. The van der Waals surface area contributed by atoms with Gasteiger partial charge in [-0.25, -0.2) is 4.79 Å². The Balaban J connectivity index is 1.94. The average Bonchev–Trinajstić information content (AvgIpc) is 3.08. The summed E-state index contributed by atoms with van der Waals surface area (Å²) in [6.07, 6.45) is 5.30. The number of methoxy groups -OCH3 is 2. The number of ether oxygens (including phenoxy) is 3. The molecule has 0 saturated carbocycles. The quantitative estimate of drug-likeness (QED) is 0.547. The summed E-state index contributed by atoms with van der Waals surface area (Å²) < 4.78 is 16.1. The maximum atomic E-state index is 13.4. The van der Waals surface area contributed by atoms with E-state index in [4.69, 9.17) is 32.2 Å². The SMILES string of the molecule is C#CCOc1c(Cl)cc([C@H]2C(C(=O)OC)=C(C)NC3=C2C(=O)c2ccccc23)cc1OC. The number of ketones is 1. The second-order valence-corrected chi connectivity index (χ2v) is 7.69. The van der Waals surface area contributed by atoms with Crippen LogP contribution in [0.5, 0.6) is 11.5 Å². The number of allylic oxidation sites excluding steroid dienone is 2. The molecule has 0 amide bonds. The number of dihydropyridines is 1. The molecule has 0 radical (unpaired) electrons. The first kappa shape index (κ1) is 21.5. The van der Waals surface area contributed by atoms with E-state index in [2.05, 4.69) is 11.2 Å². The van der Waals surface area contributed by atoms with Crippen molar-refractivity contribution in [2.24, 2.45) is 0 Å². The van der Waals surface area contributed by atoms with E-state index in [1.54, 1.807) is 25.1 Å². The standard InChI is InChI=1S/C25H20ClNO5/c1-5-10-32-24-17(26)11-14(12-18(24)30-3)20-19(25(29)31-4)13(2)27-22-15-8-6-7-9-16(15)23(28)21(20)22/h1,6-9,11-12,20,27H,10H2,2-4H3/t20-/m0/s1. The summed E-state index contributed by atoms with van der Waals surface area (Å²) in [5.74, 6) is 1.60. The zero-order valence-electron chi connectivity index (χ0n) is 17.7. The first-order chi connectivity index (χ1) is 15.4. The monoisotopic (exact) mass is 449 g/mol. The van der Waals surface area contributed by atoms with Gasteiger partial charge in [-0.3, -0.25) is 4.79 Å². The Morgan fingerprint density at radius 3 is 2.59 bits per heavy atom. The Labute approximate surface area is 190 Å². The van der Waals surface area contributed by atoms with Gasteiger partial charge in [0, 0.05) is 28.3 Å². The highest BCUT2D eigenvalue weighted by Crippen LogP contribution is 2.49. The van der Waals surface area contributed by atoms with Crippen molar-refractivity contribution < 1.29 is 23.8 Å². The lowest BCUT2D eigenvalue weighted by molar-refractivity contribution is -0.136. The normalized spacial score (nSPS) is 16.7. The van der Waals surface area contributed by atoms with E-state index in [-0.39, 0.29) is 17.4 Å². The molecule has 1 aliphatic heterocycles. The van der Waals surface area contributed by atoms with Crippen molar-refractivity contribution in [3.63, 3.8) is 0 Å². The van der Waals surface area contributed by atoms with Crippen LogP contribution in [0.1, 0.15) is 34.3 Å². The molecule has 0 unspecified atom stereocenters. The Kier molecular flexibility index (Phi) is 5.68. The molecule has 1 aliphatic carbocycles. The summed E-state index contributed by atoms with van der Waals surface area (Å²) in [7, 11) is 2.78. The summed E-state index contributed by atoms with van der Waals surface area (Å²) >= 11 is 6.51. The van der Waals surface area contributed by atoms with E-state index in [0.29, 0.717) is 45.2 Å². The fourth-order valence-corrected chi connectivity index (χ4v) is 4.48. The van der Waals surface area contributed by atoms with Gasteiger partial charge >= 0.3 is 5.97 Å². The lowest BCUT2D eigenvalue weighted by Gasteiger charge is -2.29. The summed E-state index contributed by atoms with van der Waals surface area (Å²) in [4.78, 5) is 26.3. The third kappa shape index (κ3) is 3.31. The second kappa shape index (κ2) is 8.45. The van der Waals surface area contributed by atoms with E-state index in [1.165, 1.54) is 14.2 Å². The van der Waals surface area contributed by atoms with Crippen LogP contribution < -0.4 is 14.8 Å². The molecule has 0 bridgehead atoms. The third-order valence-corrected chi connectivity index (χ3v) is 5.82. The molecule has 2 aromatic carbocycles. The van der Waals surface area contributed by atoms with Gasteiger partial charge in [0.15, 0.2) is 17.3 Å².